The van der Waals surface area contributed by atoms with Crippen LogP contribution in [-0.4, -0.2) is 62.9 Å². The zero-order valence-electron chi connectivity index (χ0n) is 22.7. The maximum atomic E-state index is 13.6. The molecule has 1 saturated heterocycles. The number of thiophene rings is 1. The molecule has 2 aromatic heterocycles. The van der Waals surface area contributed by atoms with Gasteiger partial charge in [-0.1, -0.05) is 23.7 Å². The lowest BCUT2D eigenvalue weighted by molar-refractivity contribution is -0.133. The van der Waals surface area contributed by atoms with Crippen LogP contribution in [0.3, 0.4) is 0 Å². The fourth-order valence-corrected chi connectivity index (χ4v) is 6.60. The second kappa shape index (κ2) is 11.2. The monoisotopic (exact) mass is 567 g/mol. The molecular weight excluding hydrogens is 534 g/mol. The van der Waals surface area contributed by atoms with Crippen molar-refractivity contribution in [3.8, 4) is 5.00 Å². The molecule has 0 aliphatic carbocycles. The number of hydrogen-bond donors (Lipinski definition) is 2. The van der Waals surface area contributed by atoms with Gasteiger partial charge >= 0.3 is 0 Å². The van der Waals surface area contributed by atoms with Gasteiger partial charge in [-0.15, -0.1) is 21.5 Å². The van der Waals surface area contributed by atoms with Gasteiger partial charge in [0, 0.05) is 34.1 Å². The largest absolute Gasteiger partial charge is 0.368 e. The highest BCUT2D eigenvalue weighted by Gasteiger charge is 2.34. The van der Waals surface area contributed by atoms with Crippen molar-refractivity contribution in [2.24, 2.45) is 16.6 Å². The first-order valence-electron chi connectivity index (χ1n) is 13.3. The summed E-state index contributed by atoms with van der Waals surface area (Å²) in [6, 6.07) is 6.87. The second-order valence-electron chi connectivity index (χ2n) is 10.5. The lowest BCUT2D eigenvalue weighted by Crippen LogP contribution is -2.45. The Morgan fingerprint density at radius 3 is 2.51 bits per heavy atom. The van der Waals surface area contributed by atoms with Crippen molar-refractivity contribution in [1.29, 1.82) is 0 Å². The molecule has 3 N–H and O–H groups in total. The summed E-state index contributed by atoms with van der Waals surface area (Å²) in [6.07, 6.45) is 1.96. The number of benzene rings is 1. The molecule has 2 aliphatic heterocycles. The molecule has 0 unspecified atom stereocenters. The number of nitrogens with one attached hydrogen (secondary N) is 1. The molecule has 1 fully saturated rings. The number of carbonyl (C=O) groups excluding carboxylic acids is 2. The zero-order valence-corrected chi connectivity index (χ0v) is 24.3. The molecule has 1 aromatic carbocycles. The lowest BCUT2D eigenvalue weighted by Gasteiger charge is -2.33. The minimum atomic E-state index is -0.473. The van der Waals surface area contributed by atoms with Crippen LogP contribution >= 0.6 is 22.9 Å². The van der Waals surface area contributed by atoms with Gasteiger partial charge in [-0.3, -0.25) is 19.1 Å². The van der Waals surface area contributed by atoms with E-state index in [0.29, 0.717) is 36.4 Å². The number of aromatic nitrogens is 3. The van der Waals surface area contributed by atoms with E-state index >= 15 is 0 Å². The first kappa shape index (κ1) is 27.5. The van der Waals surface area contributed by atoms with E-state index in [0.717, 1.165) is 46.1 Å². The average Bonchev–Trinajstić information content (AvgIpc) is 3.39. The van der Waals surface area contributed by atoms with Gasteiger partial charge in [0.2, 0.25) is 11.8 Å². The van der Waals surface area contributed by atoms with E-state index in [4.69, 9.17) is 22.3 Å². The SMILES string of the molecule is Cc1sc2c(c1C)C(c1ccc(Cl)cc1)=N[C@@H](CC(=O)N1CCC(CN[C@@H](C)C(N)=O)CC1)c1nnc(C)n1-2. The first-order chi connectivity index (χ1) is 18.6. The van der Waals surface area contributed by atoms with Gasteiger partial charge < -0.3 is 16.0 Å². The first-order valence-corrected chi connectivity index (χ1v) is 14.5. The van der Waals surface area contributed by atoms with E-state index in [1.54, 1.807) is 18.3 Å². The van der Waals surface area contributed by atoms with Crippen molar-refractivity contribution in [3.05, 3.63) is 62.5 Å². The number of nitrogens with two attached hydrogens (primary N) is 1. The molecule has 3 aromatic rings. The van der Waals surface area contributed by atoms with Crippen LogP contribution in [-0.2, 0) is 9.59 Å². The summed E-state index contributed by atoms with van der Waals surface area (Å²) < 4.78 is 2.07. The number of primary amides is 1. The maximum Gasteiger partial charge on any atom is 0.234 e. The molecule has 9 nitrogen and oxygen atoms in total. The number of fused-ring (bicyclic) bond motifs is 3. The molecule has 39 heavy (non-hydrogen) atoms. The van der Waals surface area contributed by atoms with Crippen LogP contribution in [0, 0.1) is 26.7 Å². The number of halogens is 1. The summed E-state index contributed by atoms with van der Waals surface area (Å²) in [5.74, 6) is 1.56. The topological polar surface area (TPSA) is 118 Å². The summed E-state index contributed by atoms with van der Waals surface area (Å²) >= 11 is 7.90. The quantitative estimate of drug-likeness (QED) is 0.449. The van der Waals surface area contributed by atoms with Crippen LogP contribution in [0.5, 0.6) is 0 Å². The van der Waals surface area contributed by atoms with Crippen molar-refractivity contribution >= 4 is 40.5 Å². The van der Waals surface area contributed by atoms with Gasteiger partial charge in [-0.25, -0.2) is 0 Å². The smallest absolute Gasteiger partial charge is 0.234 e. The molecule has 0 radical (unpaired) electrons. The van der Waals surface area contributed by atoms with Crippen LogP contribution in [0.4, 0.5) is 0 Å². The molecule has 4 heterocycles. The number of hydrogen-bond acceptors (Lipinski definition) is 7. The predicted octanol–water partition coefficient (Wildman–Crippen LogP) is 3.89. The van der Waals surface area contributed by atoms with Crippen molar-refractivity contribution in [1.82, 2.24) is 25.0 Å². The number of likely N-dealkylation sites (tertiary alicyclic amines) is 1. The molecular formula is C28H34ClN7O2S. The van der Waals surface area contributed by atoms with Gasteiger partial charge in [0.1, 0.15) is 16.9 Å². The minimum absolute atomic E-state index is 0.0569. The number of amides is 2. The van der Waals surface area contributed by atoms with E-state index in [1.165, 1.54) is 4.88 Å². The Hall–Kier alpha value is -3.08. The molecule has 2 amide bonds. The van der Waals surface area contributed by atoms with Gasteiger partial charge in [-0.2, -0.15) is 0 Å². The molecule has 5 rings (SSSR count). The van der Waals surface area contributed by atoms with Crippen LogP contribution in [0.2, 0.25) is 5.02 Å². The van der Waals surface area contributed by atoms with Crippen molar-refractivity contribution in [2.75, 3.05) is 19.6 Å². The highest BCUT2D eigenvalue weighted by molar-refractivity contribution is 7.15. The molecule has 0 saturated carbocycles. The van der Waals surface area contributed by atoms with E-state index in [2.05, 4.69) is 33.9 Å². The third-order valence-electron chi connectivity index (χ3n) is 7.83. The Balaban J connectivity index is 1.41. The van der Waals surface area contributed by atoms with Gasteiger partial charge in [-0.05, 0) is 70.7 Å². The molecule has 0 bridgehead atoms. The summed E-state index contributed by atoms with van der Waals surface area (Å²) in [4.78, 5) is 33.2. The summed E-state index contributed by atoms with van der Waals surface area (Å²) in [7, 11) is 0. The molecule has 2 aliphatic rings. The lowest BCUT2D eigenvalue weighted by atomic mass is 9.96. The number of carbonyl (C=O) groups is 2. The van der Waals surface area contributed by atoms with Gasteiger partial charge in [0.25, 0.3) is 0 Å². The number of rotatable bonds is 7. The van der Waals surface area contributed by atoms with E-state index < -0.39 is 6.04 Å². The van der Waals surface area contributed by atoms with Gasteiger partial charge in [0.15, 0.2) is 5.82 Å². The van der Waals surface area contributed by atoms with Crippen LogP contribution < -0.4 is 11.1 Å². The number of aliphatic imine (C=N–C) groups is 1. The molecule has 11 heteroatoms. The highest BCUT2D eigenvalue weighted by Crippen LogP contribution is 2.39. The minimum Gasteiger partial charge on any atom is -0.368 e. The van der Waals surface area contributed by atoms with Crippen LogP contribution in [0.25, 0.3) is 5.00 Å². The molecule has 0 spiro atoms. The van der Waals surface area contributed by atoms with E-state index in [-0.39, 0.29) is 24.3 Å². The molecule has 2 atom stereocenters. The number of piperidine rings is 1. The average molecular weight is 568 g/mol. The maximum absolute atomic E-state index is 13.6. The fourth-order valence-electron chi connectivity index (χ4n) is 5.26. The van der Waals surface area contributed by atoms with E-state index in [1.807, 2.05) is 36.1 Å². The van der Waals surface area contributed by atoms with Crippen molar-refractivity contribution in [3.63, 3.8) is 0 Å². The van der Waals surface area contributed by atoms with Crippen molar-refractivity contribution < 1.29 is 9.59 Å². The number of nitrogens with zero attached hydrogens (tertiary/aromatic N) is 5. The second-order valence-corrected chi connectivity index (χ2v) is 12.1. The van der Waals surface area contributed by atoms with Crippen LogP contribution in [0.15, 0.2) is 29.3 Å². The van der Waals surface area contributed by atoms with Gasteiger partial charge in [0.05, 0.1) is 18.2 Å². The predicted molar refractivity (Wildman–Crippen MR) is 154 cm³/mol. The molecule has 206 valence electrons. The Labute approximate surface area is 237 Å². The normalized spacial score (nSPS) is 18.2. The Kier molecular flexibility index (Phi) is 7.89. The van der Waals surface area contributed by atoms with Crippen LogP contribution in [0.1, 0.15) is 65.4 Å². The summed E-state index contributed by atoms with van der Waals surface area (Å²) in [5, 5.41) is 13.8. The fraction of sp³-hybridized carbons (Fsp3) is 0.464. The zero-order chi connectivity index (χ0) is 27.8. The Bertz CT molecular complexity index is 1420. The van der Waals surface area contributed by atoms with Crippen molar-refractivity contribution in [2.45, 2.75) is 59.0 Å². The number of aryl methyl sites for hydroxylation is 2. The summed E-state index contributed by atoms with van der Waals surface area (Å²) in [5.41, 5.74) is 9.37. The third kappa shape index (κ3) is 5.50. The highest BCUT2D eigenvalue weighted by atomic mass is 35.5. The summed E-state index contributed by atoms with van der Waals surface area (Å²) in [6.45, 7) is 10.0. The standard InChI is InChI=1S/C28H34ClN7O2S/c1-15-17(3)39-28-24(15)25(20-5-7-21(29)8-6-20)32-22(27-34-33-18(4)36(27)28)13-23(37)35-11-9-19(10-12-35)14-31-16(2)26(30)38/h5-8,16,19,22,31H,9-14H2,1-4H3,(H2,30,38)/t16-,22-/m0/s1. The third-order valence-corrected chi connectivity index (χ3v) is 9.28. The Morgan fingerprint density at radius 1 is 1.15 bits per heavy atom. The van der Waals surface area contributed by atoms with E-state index in [9.17, 15) is 9.59 Å². The Morgan fingerprint density at radius 2 is 1.85 bits per heavy atom.